The monoisotopic (exact) mass is 336 g/mol. The zero-order valence-corrected chi connectivity index (χ0v) is 15.3. The van der Waals surface area contributed by atoms with E-state index in [9.17, 15) is 9.59 Å². The van der Waals surface area contributed by atoms with Gasteiger partial charge < -0.3 is 15.1 Å². The number of carbonyl (C=O) groups is 2. The van der Waals surface area contributed by atoms with Crippen LogP contribution in [-0.4, -0.2) is 83.9 Å². The van der Waals surface area contributed by atoms with Crippen LogP contribution in [0.2, 0.25) is 0 Å². The summed E-state index contributed by atoms with van der Waals surface area (Å²) in [6, 6.07) is 1.24. The van der Waals surface area contributed by atoms with E-state index in [-0.39, 0.29) is 11.9 Å². The van der Waals surface area contributed by atoms with Crippen LogP contribution in [0.5, 0.6) is 0 Å². The Morgan fingerprint density at radius 1 is 1.12 bits per heavy atom. The van der Waals surface area contributed by atoms with Crippen LogP contribution >= 0.6 is 0 Å². The predicted octanol–water partition coefficient (Wildman–Crippen LogP) is 0.528. The van der Waals surface area contributed by atoms with Gasteiger partial charge in [0, 0.05) is 70.7 Å². The fourth-order valence-corrected chi connectivity index (χ4v) is 4.60. The van der Waals surface area contributed by atoms with E-state index in [1.807, 2.05) is 0 Å². The highest BCUT2D eigenvalue weighted by atomic mass is 16.2. The fraction of sp³-hybridized carbons (Fsp3) is 0.889. The van der Waals surface area contributed by atoms with E-state index >= 15 is 0 Å². The van der Waals surface area contributed by atoms with Gasteiger partial charge in [0.1, 0.15) is 0 Å². The molecule has 2 heterocycles. The smallest absolute Gasteiger partial charge is 0.224 e. The average Bonchev–Trinajstić information content (AvgIpc) is 3.12. The number of hydrogen-bond donors (Lipinski definition) is 1. The van der Waals surface area contributed by atoms with Gasteiger partial charge in [-0.25, -0.2) is 0 Å². The van der Waals surface area contributed by atoms with Crippen molar-refractivity contribution in [3.8, 4) is 0 Å². The van der Waals surface area contributed by atoms with Crippen molar-refractivity contribution in [2.45, 2.75) is 58.2 Å². The molecule has 0 radical (unpaired) electrons. The van der Waals surface area contributed by atoms with Crippen molar-refractivity contribution >= 4 is 11.8 Å². The Bertz CT molecular complexity index is 474. The van der Waals surface area contributed by atoms with E-state index in [2.05, 4.69) is 33.9 Å². The first-order valence-electron chi connectivity index (χ1n) is 9.47. The summed E-state index contributed by atoms with van der Waals surface area (Å²) in [5.41, 5.74) is 0. The minimum Gasteiger partial charge on any atom is -0.353 e. The van der Waals surface area contributed by atoms with Gasteiger partial charge in [0.25, 0.3) is 0 Å². The molecule has 0 aromatic heterocycles. The second-order valence-corrected chi connectivity index (χ2v) is 7.96. The Labute approximate surface area is 145 Å². The zero-order valence-electron chi connectivity index (χ0n) is 15.3. The lowest BCUT2D eigenvalue weighted by Crippen LogP contribution is -2.50. The molecule has 6 nitrogen and oxygen atoms in total. The van der Waals surface area contributed by atoms with Crippen LogP contribution in [0.15, 0.2) is 0 Å². The molecule has 3 rings (SSSR count). The SMILES string of the molecule is CC(=O)NC1CC2CC1CN2C(=O)CCN1CCN(C(C)C)CC1. The van der Waals surface area contributed by atoms with E-state index in [1.165, 1.54) is 0 Å². The topological polar surface area (TPSA) is 55.9 Å². The van der Waals surface area contributed by atoms with Crippen LogP contribution in [0, 0.1) is 5.92 Å². The van der Waals surface area contributed by atoms with Gasteiger partial charge in [-0.15, -0.1) is 0 Å². The van der Waals surface area contributed by atoms with E-state index < -0.39 is 0 Å². The number of fused-ring (bicyclic) bond motifs is 2. The molecule has 2 bridgehead atoms. The van der Waals surface area contributed by atoms with Crippen LogP contribution in [0.3, 0.4) is 0 Å². The lowest BCUT2D eigenvalue weighted by molar-refractivity contribution is -0.133. The quantitative estimate of drug-likeness (QED) is 0.796. The third-order valence-electron chi connectivity index (χ3n) is 6.03. The lowest BCUT2D eigenvalue weighted by atomic mass is 10.0. The minimum atomic E-state index is 0.0472. The van der Waals surface area contributed by atoms with Crippen molar-refractivity contribution in [3.63, 3.8) is 0 Å². The van der Waals surface area contributed by atoms with Crippen molar-refractivity contribution in [2.75, 3.05) is 39.3 Å². The molecular formula is C18H32N4O2. The molecule has 3 atom stereocenters. The first-order chi connectivity index (χ1) is 11.4. The maximum atomic E-state index is 12.6. The number of amides is 2. The second-order valence-electron chi connectivity index (χ2n) is 7.96. The zero-order chi connectivity index (χ0) is 17.3. The van der Waals surface area contributed by atoms with Gasteiger partial charge in [0.15, 0.2) is 0 Å². The Balaban J connectivity index is 1.39. The molecule has 2 saturated heterocycles. The van der Waals surface area contributed by atoms with Crippen molar-refractivity contribution in [1.29, 1.82) is 0 Å². The van der Waals surface area contributed by atoms with Crippen molar-refractivity contribution in [2.24, 2.45) is 5.92 Å². The van der Waals surface area contributed by atoms with E-state index in [0.717, 1.165) is 52.1 Å². The number of rotatable bonds is 5. The molecule has 3 fully saturated rings. The Morgan fingerprint density at radius 3 is 2.38 bits per heavy atom. The number of carbonyl (C=O) groups excluding carboxylic acids is 2. The van der Waals surface area contributed by atoms with Crippen LogP contribution in [0.25, 0.3) is 0 Å². The minimum absolute atomic E-state index is 0.0472. The highest BCUT2D eigenvalue weighted by Gasteiger charge is 2.46. The molecule has 0 aromatic carbocycles. The van der Waals surface area contributed by atoms with E-state index in [1.54, 1.807) is 6.92 Å². The third-order valence-corrected chi connectivity index (χ3v) is 6.03. The number of nitrogens with zero attached hydrogens (tertiary/aromatic N) is 3. The summed E-state index contributed by atoms with van der Waals surface area (Å²) in [4.78, 5) is 30.8. The van der Waals surface area contributed by atoms with Gasteiger partial charge in [0.2, 0.25) is 11.8 Å². The third kappa shape index (κ3) is 3.91. The standard InChI is InChI=1S/C18H32N4O2/c1-13(2)21-8-6-20(7-9-21)5-4-18(24)22-12-15-10-16(22)11-17(15)19-14(3)23/h13,15-17H,4-12H2,1-3H3,(H,19,23). The molecule has 2 aliphatic heterocycles. The molecule has 136 valence electrons. The van der Waals surface area contributed by atoms with Crippen LogP contribution in [-0.2, 0) is 9.59 Å². The maximum Gasteiger partial charge on any atom is 0.224 e. The van der Waals surface area contributed by atoms with Gasteiger partial charge in [-0.3, -0.25) is 14.5 Å². The summed E-state index contributed by atoms with van der Waals surface area (Å²) in [7, 11) is 0. The molecule has 1 saturated carbocycles. The Hall–Kier alpha value is -1.14. The lowest BCUT2D eigenvalue weighted by Gasteiger charge is -2.37. The number of piperazine rings is 1. The van der Waals surface area contributed by atoms with Gasteiger partial charge in [-0.2, -0.15) is 0 Å². The molecule has 0 aromatic rings. The van der Waals surface area contributed by atoms with Crippen LogP contribution in [0.4, 0.5) is 0 Å². The molecule has 3 aliphatic rings. The molecule has 24 heavy (non-hydrogen) atoms. The van der Waals surface area contributed by atoms with Crippen LogP contribution < -0.4 is 5.32 Å². The molecule has 1 N–H and O–H groups in total. The average molecular weight is 336 g/mol. The van der Waals surface area contributed by atoms with Crippen molar-refractivity contribution in [1.82, 2.24) is 20.0 Å². The van der Waals surface area contributed by atoms with E-state index in [0.29, 0.717) is 30.3 Å². The maximum absolute atomic E-state index is 12.6. The summed E-state index contributed by atoms with van der Waals surface area (Å²) >= 11 is 0. The highest BCUT2D eigenvalue weighted by molar-refractivity contribution is 5.77. The summed E-state index contributed by atoms with van der Waals surface area (Å²) in [5, 5.41) is 3.04. The van der Waals surface area contributed by atoms with Gasteiger partial charge in [0.05, 0.1) is 0 Å². The Morgan fingerprint density at radius 2 is 1.83 bits per heavy atom. The molecule has 6 heteroatoms. The number of nitrogens with one attached hydrogen (secondary N) is 1. The molecule has 3 unspecified atom stereocenters. The highest BCUT2D eigenvalue weighted by Crippen LogP contribution is 2.38. The first-order valence-corrected chi connectivity index (χ1v) is 9.47. The summed E-state index contributed by atoms with van der Waals surface area (Å²) in [6.07, 6.45) is 2.63. The summed E-state index contributed by atoms with van der Waals surface area (Å²) in [6.45, 7) is 12.1. The van der Waals surface area contributed by atoms with Gasteiger partial charge in [-0.1, -0.05) is 0 Å². The normalized spacial score (nSPS) is 31.0. The Kier molecular flexibility index (Phi) is 5.45. The molecule has 0 spiro atoms. The molecule has 1 aliphatic carbocycles. The van der Waals surface area contributed by atoms with E-state index in [4.69, 9.17) is 0 Å². The first kappa shape index (κ1) is 17.7. The largest absolute Gasteiger partial charge is 0.353 e. The summed E-state index contributed by atoms with van der Waals surface area (Å²) < 4.78 is 0. The van der Waals surface area contributed by atoms with Crippen LogP contribution in [0.1, 0.15) is 40.0 Å². The number of hydrogen-bond acceptors (Lipinski definition) is 4. The molecule has 2 amide bonds. The van der Waals surface area contributed by atoms with Crippen molar-refractivity contribution in [3.05, 3.63) is 0 Å². The summed E-state index contributed by atoms with van der Waals surface area (Å²) in [5.74, 6) is 0.804. The van der Waals surface area contributed by atoms with Gasteiger partial charge in [-0.05, 0) is 32.6 Å². The van der Waals surface area contributed by atoms with Gasteiger partial charge >= 0.3 is 0 Å². The molecular weight excluding hydrogens is 304 g/mol. The van der Waals surface area contributed by atoms with Crippen molar-refractivity contribution < 1.29 is 9.59 Å². The number of likely N-dealkylation sites (tertiary alicyclic amines) is 1. The number of piperidine rings is 1. The fourth-order valence-electron chi connectivity index (χ4n) is 4.60. The predicted molar refractivity (Wildman–Crippen MR) is 93.6 cm³/mol. The second kappa shape index (κ2) is 7.40.